The van der Waals surface area contributed by atoms with Crippen LogP contribution in [0.2, 0.25) is 0 Å². The first-order valence-electron chi connectivity index (χ1n) is 6.74. The van der Waals surface area contributed by atoms with Crippen LogP contribution in [0.3, 0.4) is 0 Å². The number of hydrogen-bond donors (Lipinski definition) is 1. The highest BCUT2D eigenvalue weighted by Crippen LogP contribution is 2.26. The number of benzene rings is 1. The minimum absolute atomic E-state index is 0.215. The maximum Gasteiger partial charge on any atom is 0.250 e. The molecule has 1 aromatic heterocycles. The van der Waals surface area contributed by atoms with Crippen molar-refractivity contribution in [2.75, 3.05) is 0 Å². The van der Waals surface area contributed by atoms with Crippen molar-refractivity contribution in [1.82, 2.24) is 4.72 Å². The Morgan fingerprint density at radius 3 is 2.75 bits per heavy atom. The van der Waals surface area contributed by atoms with Crippen molar-refractivity contribution < 1.29 is 8.42 Å². The van der Waals surface area contributed by atoms with Crippen LogP contribution in [0.25, 0.3) is 0 Å². The first-order valence-corrected chi connectivity index (χ1v) is 9.10. The lowest BCUT2D eigenvalue weighted by molar-refractivity contribution is 0.569. The van der Waals surface area contributed by atoms with E-state index in [2.05, 4.69) is 16.9 Å². The lowest BCUT2D eigenvalue weighted by Gasteiger charge is -2.15. The van der Waals surface area contributed by atoms with E-state index in [0.717, 1.165) is 18.4 Å². The summed E-state index contributed by atoms with van der Waals surface area (Å²) >= 11 is 1.24. The molecule has 0 saturated heterocycles. The molecule has 20 heavy (non-hydrogen) atoms. The molecule has 0 radical (unpaired) electrons. The predicted octanol–water partition coefficient (Wildman–Crippen LogP) is 3.28. The van der Waals surface area contributed by atoms with E-state index in [1.165, 1.54) is 28.9 Å². The average molecular weight is 307 g/mol. The predicted molar refractivity (Wildman–Crippen MR) is 81.5 cm³/mol. The summed E-state index contributed by atoms with van der Waals surface area (Å²) in [4.78, 5) is 0. The fourth-order valence-electron chi connectivity index (χ4n) is 2.64. The van der Waals surface area contributed by atoms with Gasteiger partial charge in [-0.25, -0.2) is 13.1 Å². The van der Waals surface area contributed by atoms with Crippen LogP contribution in [0.15, 0.2) is 39.9 Å². The van der Waals surface area contributed by atoms with E-state index < -0.39 is 10.0 Å². The topological polar surface area (TPSA) is 46.2 Å². The van der Waals surface area contributed by atoms with Crippen molar-refractivity contribution in [3.63, 3.8) is 0 Å². The zero-order chi connectivity index (χ0) is 14.2. The van der Waals surface area contributed by atoms with Crippen LogP contribution in [0.4, 0.5) is 0 Å². The molecule has 1 aromatic carbocycles. The summed E-state index contributed by atoms with van der Waals surface area (Å²) in [6, 6.07) is 9.47. The van der Waals surface area contributed by atoms with Crippen LogP contribution in [0, 0.1) is 0 Å². The van der Waals surface area contributed by atoms with Gasteiger partial charge in [-0.3, -0.25) is 0 Å². The highest BCUT2D eigenvalue weighted by Gasteiger charge is 2.20. The number of hydrogen-bond acceptors (Lipinski definition) is 3. The number of rotatable bonds is 4. The van der Waals surface area contributed by atoms with Crippen LogP contribution in [-0.4, -0.2) is 8.42 Å². The van der Waals surface area contributed by atoms with E-state index in [1.54, 1.807) is 17.5 Å². The molecule has 0 fully saturated rings. The van der Waals surface area contributed by atoms with E-state index in [9.17, 15) is 8.42 Å². The van der Waals surface area contributed by atoms with E-state index in [1.807, 2.05) is 13.0 Å². The molecular weight excluding hydrogens is 290 g/mol. The van der Waals surface area contributed by atoms with Gasteiger partial charge in [0.05, 0.1) is 0 Å². The van der Waals surface area contributed by atoms with Gasteiger partial charge in [-0.2, -0.15) is 0 Å². The quantitative estimate of drug-likeness (QED) is 0.942. The molecule has 106 valence electrons. The van der Waals surface area contributed by atoms with E-state index in [0.29, 0.717) is 4.21 Å². The third kappa shape index (κ3) is 2.66. The number of thiophene rings is 1. The second-order valence-corrected chi connectivity index (χ2v) is 8.05. The Hall–Kier alpha value is -1.17. The molecule has 1 N–H and O–H groups in total. The fourth-order valence-corrected chi connectivity index (χ4v) is 4.88. The highest BCUT2D eigenvalue weighted by molar-refractivity contribution is 7.91. The van der Waals surface area contributed by atoms with Crippen LogP contribution in [0.1, 0.15) is 36.1 Å². The van der Waals surface area contributed by atoms with Gasteiger partial charge in [0.1, 0.15) is 4.21 Å². The summed E-state index contributed by atoms with van der Waals surface area (Å²) in [6.45, 7) is 1.89. The molecule has 1 aliphatic carbocycles. The first kappa shape index (κ1) is 13.8. The molecule has 0 spiro atoms. The summed E-state index contributed by atoms with van der Waals surface area (Å²) in [5.74, 6) is 0. The third-order valence-electron chi connectivity index (χ3n) is 3.71. The Morgan fingerprint density at radius 2 is 2.00 bits per heavy atom. The van der Waals surface area contributed by atoms with Gasteiger partial charge >= 0.3 is 0 Å². The highest BCUT2D eigenvalue weighted by atomic mass is 32.2. The number of fused-ring (bicyclic) bond motifs is 1. The standard InChI is InChI=1S/C15H17NO2S2/c1-11(16-20(17,18)15-6-3-9-19-15)13-8-7-12-4-2-5-14(12)10-13/h3,6-11,16H,2,4-5H2,1H3. The minimum Gasteiger partial charge on any atom is -0.206 e. The van der Waals surface area contributed by atoms with Crippen molar-refractivity contribution in [3.05, 3.63) is 52.4 Å². The Balaban J connectivity index is 1.81. The molecule has 0 bridgehead atoms. The van der Waals surface area contributed by atoms with Gasteiger partial charge in [0, 0.05) is 6.04 Å². The SMILES string of the molecule is CC(NS(=O)(=O)c1cccs1)c1ccc2c(c1)CCC2. The number of aryl methyl sites for hydroxylation is 2. The summed E-state index contributed by atoms with van der Waals surface area (Å²) in [7, 11) is -3.41. The Bertz CT molecular complexity index is 705. The smallest absolute Gasteiger partial charge is 0.206 e. The van der Waals surface area contributed by atoms with E-state index in [4.69, 9.17) is 0 Å². The zero-order valence-corrected chi connectivity index (χ0v) is 12.9. The second-order valence-electron chi connectivity index (χ2n) is 5.16. The van der Waals surface area contributed by atoms with Crippen molar-refractivity contribution in [1.29, 1.82) is 0 Å². The molecular formula is C15H17NO2S2. The normalized spacial score (nSPS) is 16.1. The summed E-state index contributed by atoms with van der Waals surface area (Å²) in [6.07, 6.45) is 3.45. The Labute approximate surface area is 123 Å². The van der Waals surface area contributed by atoms with Gasteiger partial charge in [0.25, 0.3) is 10.0 Å². The van der Waals surface area contributed by atoms with Gasteiger partial charge in [-0.15, -0.1) is 11.3 Å². The molecule has 1 aliphatic rings. The zero-order valence-electron chi connectivity index (χ0n) is 11.3. The third-order valence-corrected chi connectivity index (χ3v) is 6.65. The van der Waals surface area contributed by atoms with Gasteiger partial charge < -0.3 is 0 Å². The van der Waals surface area contributed by atoms with Crippen molar-refractivity contribution >= 4 is 21.4 Å². The monoisotopic (exact) mass is 307 g/mol. The van der Waals surface area contributed by atoms with Crippen LogP contribution in [-0.2, 0) is 22.9 Å². The molecule has 2 aromatic rings. The van der Waals surface area contributed by atoms with Crippen molar-refractivity contribution in [2.45, 2.75) is 36.4 Å². The lowest BCUT2D eigenvalue weighted by atomic mass is 10.0. The van der Waals surface area contributed by atoms with E-state index in [-0.39, 0.29) is 6.04 Å². The molecule has 1 heterocycles. The molecule has 0 saturated carbocycles. The Kier molecular flexibility index (Phi) is 3.67. The summed E-state index contributed by atoms with van der Waals surface area (Å²) < 4.78 is 27.5. The first-order chi connectivity index (χ1) is 9.56. The van der Waals surface area contributed by atoms with Crippen molar-refractivity contribution in [2.24, 2.45) is 0 Å². The maximum absolute atomic E-state index is 12.2. The fraction of sp³-hybridized carbons (Fsp3) is 0.333. The van der Waals surface area contributed by atoms with E-state index >= 15 is 0 Å². The Morgan fingerprint density at radius 1 is 1.20 bits per heavy atom. The summed E-state index contributed by atoms with van der Waals surface area (Å²) in [5.41, 5.74) is 3.80. The lowest BCUT2D eigenvalue weighted by Crippen LogP contribution is -2.26. The summed E-state index contributed by atoms with van der Waals surface area (Å²) in [5, 5.41) is 1.77. The average Bonchev–Trinajstić information content (AvgIpc) is 3.09. The number of nitrogens with one attached hydrogen (secondary N) is 1. The van der Waals surface area contributed by atoms with Gasteiger partial charge in [0.2, 0.25) is 0 Å². The molecule has 5 heteroatoms. The van der Waals surface area contributed by atoms with Crippen LogP contribution < -0.4 is 4.72 Å². The van der Waals surface area contributed by atoms with Gasteiger partial charge in [0.15, 0.2) is 0 Å². The van der Waals surface area contributed by atoms with Gasteiger partial charge in [-0.05, 0) is 54.3 Å². The molecule has 3 rings (SSSR count). The van der Waals surface area contributed by atoms with Crippen molar-refractivity contribution in [3.8, 4) is 0 Å². The molecule has 1 unspecified atom stereocenters. The number of sulfonamides is 1. The maximum atomic E-state index is 12.2. The van der Waals surface area contributed by atoms with Crippen LogP contribution in [0.5, 0.6) is 0 Å². The molecule has 0 amide bonds. The second kappa shape index (κ2) is 5.31. The minimum atomic E-state index is -3.41. The van der Waals surface area contributed by atoms with Gasteiger partial charge in [-0.1, -0.05) is 24.3 Å². The molecule has 1 atom stereocenters. The molecule has 3 nitrogen and oxygen atoms in total. The van der Waals surface area contributed by atoms with Crippen LogP contribution >= 0.6 is 11.3 Å². The molecule has 0 aliphatic heterocycles. The largest absolute Gasteiger partial charge is 0.250 e.